The first kappa shape index (κ1) is 12.7. The SMILES string of the molecule is CNC1CC(Oc2ccc3c(c2)CCC3)C12CCCC2. The van der Waals surface area contributed by atoms with Crippen LogP contribution in [0.1, 0.15) is 49.7 Å². The summed E-state index contributed by atoms with van der Waals surface area (Å²) in [6, 6.07) is 7.45. The molecule has 2 atom stereocenters. The Morgan fingerprint density at radius 2 is 1.90 bits per heavy atom. The summed E-state index contributed by atoms with van der Waals surface area (Å²) < 4.78 is 6.41. The second-order valence-electron chi connectivity index (χ2n) is 6.91. The van der Waals surface area contributed by atoms with Gasteiger partial charge in [0, 0.05) is 17.9 Å². The van der Waals surface area contributed by atoms with E-state index < -0.39 is 0 Å². The number of hydrogen-bond donors (Lipinski definition) is 1. The van der Waals surface area contributed by atoms with Gasteiger partial charge >= 0.3 is 0 Å². The minimum absolute atomic E-state index is 0.424. The van der Waals surface area contributed by atoms with E-state index in [1.807, 2.05) is 0 Å². The van der Waals surface area contributed by atoms with Crippen molar-refractivity contribution in [3.05, 3.63) is 29.3 Å². The van der Waals surface area contributed by atoms with Crippen LogP contribution in [-0.4, -0.2) is 19.2 Å². The van der Waals surface area contributed by atoms with E-state index in [0.717, 1.165) is 5.75 Å². The molecule has 4 rings (SSSR count). The molecule has 2 unspecified atom stereocenters. The Kier molecular flexibility index (Phi) is 3.03. The van der Waals surface area contributed by atoms with Gasteiger partial charge in [-0.15, -0.1) is 0 Å². The molecule has 3 aliphatic rings. The molecule has 2 saturated carbocycles. The van der Waals surface area contributed by atoms with Crippen molar-refractivity contribution in [2.75, 3.05) is 7.05 Å². The van der Waals surface area contributed by atoms with Crippen molar-refractivity contribution in [1.82, 2.24) is 5.32 Å². The van der Waals surface area contributed by atoms with E-state index in [0.29, 0.717) is 17.6 Å². The third-order valence-corrected chi connectivity index (χ3v) is 6.02. The molecule has 20 heavy (non-hydrogen) atoms. The first-order valence-corrected chi connectivity index (χ1v) is 8.27. The van der Waals surface area contributed by atoms with Crippen molar-refractivity contribution < 1.29 is 4.74 Å². The maximum absolute atomic E-state index is 6.41. The topological polar surface area (TPSA) is 21.3 Å². The summed E-state index contributed by atoms with van der Waals surface area (Å²) in [5.74, 6) is 1.11. The standard InChI is InChI=1S/C18H25NO/c1-19-16-12-17(18(16)9-2-3-10-18)20-15-8-7-13-5-4-6-14(13)11-15/h7-8,11,16-17,19H,2-6,9-10,12H2,1H3. The van der Waals surface area contributed by atoms with Crippen LogP contribution in [0.2, 0.25) is 0 Å². The minimum Gasteiger partial charge on any atom is -0.490 e. The highest BCUT2D eigenvalue weighted by Crippen LogP contribution is 2.54. The molecule has 0 aromatic heterocycles. The van der Waals surface area contributed by atoms with Crippen LogP contribution >= 0.6 is 0 Å². The van der Waals surface area contributed by atoms with Crippen LogP contribution in [-0.2, 0) is 12.8 Å². The number of fused-ring (bicyclic) bond motifs is 1. The van der Waals surface area contributed by atoms with Crippen molar-refractivity contribution in [2.45, 2.75) is 63.5 Å². The summed E-state index contributed by atoms with van der Waals surface area (Å²) in [6.07, 6.45) is 10.8. The molecule has 2 nitrogen and oxygen atoms in total. The third kappa shape index (κ3) is 1.81. The van der Waals surface area contributed by atoms with Gasteiger partial charge in [0.05, 0.1) is 0 Å². The van der Waals surface area contributed by atoms with Gasteiger partial charge in [-0.3, -0.25) is 0 Å². The first-order valence-electron chi connectivity index (χ1n) is 8.27. The maximum atomic E-state index is 6.41. The van der Waals surface area contributed by atoms with Gasteiger partial charge in [-0.05, 0) is 62.4 Å². The summed E-state index contributed by atoms with van der Waals surface area (Å²) in [6.45, 7) is 0. The summed E-state index contributed by atoms with van der Waals surface area (Å²) in [5.41, 5.74) is 3.48. The lowest BCUT2D eigenvalue weighted by Gasteiger charge is -2.53. The fourth-order valence-corrected chi connectivity index (χ4v) is 4.81. The normalized spacial score (nSPS) is 30.2. The monoisotopic (exact) mass is 271 g/mol. The van der Waals surface area contributed by atoms with E-state index >= 15 is 0 Å². The van der Waals surface area contributed by atoms with Crippen molar-refractivity contribution in [3.8, 4) is 5.75 Å². The summed E-state index contributed by atoms with van der Waals surface area (Å²) in [4.78, 5) is 0. The molecule has 1 aromatic rings. The van der Waals surface area contributed by atoms with Gasteiger partial charge in [0.25, 0.3) is 0 Å². The molecule has 1 N–H and O–H groups in total. The van der Waals surface area contributed by atoms with E-state index in [1.165, 1.54) is 62.5 Å². The Labute approximate surface area is 121 Å². The van der Waals surface area contributed by atoms with Crippen LogP contribution in [0, 0.1) is 5.41 Å². The molecule has 1 spiro atoms. The summed E-state index contributed by atoms with van der Waals surface area (Å²) >= 11 is 0. The lowest BCUT2D eigenvalue weighted by molar-refractivity contribution is -0.0736. The summed E-state index contributed by atoms with van der Waals surface area (Å²) in [5, 5.41) is 3.51. The highest BCUT2D eigenvalue weighted by atomic mass is 16.5. The second kappa shape index (κ2) is 4.77. The first-order chi connectivity index (χ1) is 9.82. The zero-order valence-electron chi connectivity index (χ0n) is 12.5. The predicted octanol–water partition coefficient (Wildman–Crippen LogP) is 3.47. The number of benzene rings is 1. The van der Waals surface area contributed by atoms with Crippen LogP contribution < -0.4 is 10.1 Å². The van der Waals surface area contributed by atoms with Crippen LogP contribution in [0.5, 0.6) is 5.75 Å². The average molecular weight is 271 g/mol. The highest BCUT2D eigenvalue weighted by Gasteiger charge is 2.57. The Bertz CT molecular complexity index is 504. The lowest BCUT2D eigenvalue weighted by Crippen LogP contribution is -2.63. The van der Waals surface area contributed by atoms with Gasteiger partial charge in [-0.25, -0.2) is 0 Å². The Balaban J connectivity index is 1.52. The third-order valence-electron chi connectivity index (χ3n) is 6.02. The van der Waals surface area contributed by atoms with Gasteiger partial charge in [0.2, 0.25) is 0 Å². The van der Waals surface area contributed by atoms with Gasteiger partial charge in [-0.1, -0.05) is 18.9 Å². The van der Waals surface area contributed by atoms with Crippen molar-refractivity contribution in [1.29, 1.82) is 0 Å². The fraction of sp³-hybridized carbons (Fsp3) is 0.667. The van der Waals surface area contributed by atoms with E-state index in [-0.39, 0.29) is 0 Å². The predicted molar refractivity (Wildman–Crippen MR) is 81.2 cm³/mol. The molecule has 1 aromatic carbocycles. The molecular weight excluding hydrogens is 246 g/mol. The van der Waals surface area contributed by atoms with Crippen LogP contribution in [0.15, 0.2) is 18.2 Å². The molecule has 0 amide bonds. The zero-order chi connectivity index (χ0) is 13.6. The maximum Gasteiger partial charge on any atom is 0.120 e. The van der Waals surface area contributed by atoms with E-state index in [4.69, 9.17) is 4.74 Å². The highest BCUT2D eigenvalue weighted by molar-refractivity contribution is 5.38. The van der Waals surface area contributed by atoms with Crippen molar-refractivity contribution in [2.24, 2.45) is 5.41 Å². The molecule has 0 saturated heterocycles. The fourth-order valence-electron chi connectivity index (χ4n) is 4.81. The molecule has 2 heteroatoms. The van der Waals surface area contributed by atoms with Gasteiger partial charge in [-0.2, -0.15) is 0 Å². The summed E-state index contributed by atoms with van der Waals surface area (Å²) in [7, 11) is 2.11. The van der Waals surface area contributed by atoms with Crippen molar-refractivity contribution >= 4 is 0 Å². The second-order valence-corrected chi connectivity index (χ2v) is 6.91. The lowest BCUT2D eigenvalue weighted by atomic mass is 9.60. The van der Waals surface area contributed by atoms with E-state index in [2.05, 4.69) is 30.6 Å². The molecular formula is C18H25NO. The van der Waals surface area contributed by atoms with E-state index in [1.54, 1.807) is 0 Å². The van der Waals surface area contributed by atoms with Gasteiger partial charge in [0.1, 0.15) is 11.9 Å². The molecule has 0 heterocycles. The quantitative estimate of drug-likeness (QED) is 0.909. The van der Waals surface area contributed by atoms with Gasteiger partial charge < -0.3 is 10.1 Å². The Morgan fingerprint density at radius 3 is 2.70 bits per heavy atom. The number of hydrogen-bond acceptors (Lipinski definition) is 2. The molecule has 108 valence electrons. The zero-order valence-corrected chi connectivity index (χ0v) is 12.5. The largest absolute Gasteiger partial charge is 0.490 e. The van der Waals surface area contributed by atoms with E-state index in [9.17, 15) is 0 Å². The molecule has 0 radical (unpaired) electrons. The smallest absolute Gasteiger partial charge is 0.120 e. The molecule has 0 bridgehead atoms. The molecule has 0 aliphatic heterocycles. The number of nitrogens with one attached hydrogen (secondary N) is 1. The van der Waals surface area contributed by atoms with Gasteiger partial charge in [0.15, 0.2) is 0 Å². The average Bonchev–Trinajstić information content (AvgIpc) is 3.12. The molecule has 3 aliphatic carbocycles. The molecule has 2 fully saturated rings. The number of rotatable bonds is 3. The number of ether oxygens (including phenoxy) is 1. The van der Waals surface area contributed by atoms with Crippen molar-refractivity contribution in [3.63, 3.8) is 0 Å². The Hall–Kier alpha value is -1.02. The van der Waals surface area contributed by atoms with Crippen LogP contribution in [0.3, 0.4) is 0 Å². The van der Waals surface area contributed by atoms with Crippen LogP contribution in [0.25, 0.3) is 0 Å². The minimum atomic E-state index is 0.424. The Morgan fingerprint density at radius 1 is 1.10 bits per heavy atom. The number of aryl methyl sites for hydroxylation is 2. The van der Waals surface area contributed by atoms with Crippen LogP contribution in [0.4, 0.5) is 0 Å².